The van der Waals surface area contributed by atoms with Gasteiger partial charge in [0.25, 0.3) is 0 Å². The maximum Gasteiger partial charge on any atom is 0.121 e. The Kier molecular flexibility index (Phi) is 2.60. The molecule has 1 saturated carbocycles. The van der Waals surface area contributed by atoms with E-state index in [0.29, 0.717) is 19.0 Å². The number of benzene rings is 1. The molecule has 0 spiro atoms. The van der Waals surface area contributed by atoms with Gasteiger partial charge in [-0.2, -0.15) is 0 Å². The van der Waals surface area contributed by atoms with Crippen molar-refractivity contribution in [3.63, 3.8) is 0 Å². The van der Waals surface area contributed by atoms with Crippen LogP contribution < -0.4 is 5.73 Å². The normalized spacial score (nSPS) is 22.4. The molecule has 3 rings (SSSR count). The minimum atomic E-state index is -0.333. The highest BCUT2D eigenvalue weighted by Gasteiger charge is 2.33. The Morgan fingerprint density at radius 2 is 1.71 bits per heavy atom. The fourth-order valence-electron chi connectivity index (χ4n) is 3.07. The molecule has 0 amide bonds. The Balaban J connectivity index is 2.02. The van der Waals surface area contributed by atoms with Crippen LogP contribution >= 0.6 is 0 Å². The molecule has 92 valence electrons. The van der Waals surface area contributed by atoms with Crippen molar-refractivity contribution in [1.82, 2.24) is 0 Å². The fourth-order valence-corrected chi connectivity index (χ4v) is 3.07. The van der Waals surface area contributed by atoms with Crippen molar-refractivity contribution < 1.29 is 9.84 Å². The zero-order valence-corrected chi connectivity index (χ0v) is 10.0. The average molecular weight is 233 g/mol. The van der Waals surface area contributed by atoms with Gasteiger partial charge in [0.1, 0.15) is 5.75 Å². The van der Waals surface area contributed by atoms with E-state index in [1.165, 1.54) is 12.0 Å². The lowest BCUT2D eigenvalue weighted by Crippen LogP contribution is -2.38. The SMILES string of the molecule is NC1(c2cc3c(cc2O)COC3)CCCCC1. The Bertz CT molecular complexity index is 436. The summed E-state index contributed by atoms with van der Waals surface area (Å²) >= 11 is 0. The summed E-state index contributed by atoms with van der Waals surface area (Å²) in [5.41, 5.74) is 9.35. The monoisotopic (exact) mass is 233 g/mol. The van der Waals surface area contributed by atoms with Gasteiger partial charge in [0, 0.05) is 11.1 Å². The molecule has 3 heteroatoms. The molecule has 1 aromatic carbocycles. The highest BCUT2D eigenvalue weighted by atomic mass is 16.5. The summed E-state index contributed by atoms with van der Waals surface area (Å²) in [6.45, 7) is 1.26. The highest BCUT2D eigenvalue weighted by molar-refractivity contribution is 5.46. The molecule has 0 atom stereocenters. The lowest BCUT2D eigenvalue weighted by Gasteiger charge is -2.34. The van der Waals surface area contributed by atoms with Crippen LogP contribution in [0.1, 0.15) is 48.8 Å². The summed E-state index contributed by atoms with van der Waals surface area (Å²) in [7, 11) is 0. The molecular formula is C14H19NO2. The molecule has 1 aromatic rings. The Labute approximate surface area is 102 Å². The number of ether oxygens (including phenoxy) is 1. The zero-order valence-electron chi connectivity index (χ0n) is 10.0. The molecule has 0 bridgehead atoms. The minimum absolute atomic E-state index is 0.333. The predicted molar refractivity (Wildman–Crippen MR) is 65.6 cm³/mol. The second-order valence-corrected chi connectivity index (χ2v) is 5.35. The lowest BCUT2D eigenvalue weighted by atomic mass is 9.76. The molecular weight excluding hydrogens is 214 g/mol. The van der Waals surface area contributed by atoms with Gasteiger partial charge in [0.05, 0.1) is 13.2 Å². The molecule has 3 N–H and O–H groups in total. The van der Waals surface area contributed by atoms with Crippen LogP contribution in [0.4, 0.5) is 0 Å². The smallest absolute Gasteiger partial charge is 0.121 e. The first kappa shape index (κ1) is 11.1. The van der Waals surface area contributed by atoms with E-state index in [9.17, 15) is 5.11 Å². The summed E-state index contributed by atoms with van der Waals surface area (Å²) in [4.78, 5) is 0. The summed E-state index contributed by atoms with van der Waals surface area (Å²) < 4.78 is 5.39. The van der Waals surface area contributed by atoms with Crippen molar-refractivity contribution in [2.45, 2.75) is 50.9 Å². The van der Waals surface area contributed by atoms with E-state index in [2.05, 4.69) is 6.07 Å². The van der Waals surface area contributed by atoms with Gasteiger partial charge in [-0.05, 0) is 36.1 Å². The number of rotatable bonds is 1. The van der Waals surface area contributed by atoms with Crippen molar-refractivity contribution >= 4 is 0 Å². The van der Waals surface area contributed by atoms with E-state index in [0.717, 1.165) is 36.8 Å². The first-order chi connectivity index (χ1) is 8.19. The molecule has 1 fully saturated rings. The largest absolute Gasteiger partial charge is 0.508 e. The standard InChI is InChI=1S/C14H19NO2/c15-14(4-2-1-3-5-14)12-6-10-8-17-9-11(10)7-13(12)16/h6-7,16H,1-5,8-9,15H2. The van der Waals surface area contributed by atoms with Gasteiger partial charge in [-0.15, -0.1) is 0 Å². The Hall–Kier alpha value is -1.06. The van der Waals surface area contributed by atoms with Crippen LogP contribution in [0, 0.1) is 0 Å². The molecule has 3 nitrogen and oxygen atoms in total. The zero-order chi connectivity index (χ0) is 11.9. The van der Waals surface area contributed by atoms with E-state index in [4.69, 9.17) is 10.5 Å². The first-order valence-electron chi connectivity index (χ1n) is 6.41. The van der Waals surface area contributed by atoms with E-state index in [-0.39, 0.29) is 5.54 Å². The van der Waals surface area contributed by atoms with Crippen LogP contribution in [0.15, 0.2) is 12.1 Å². The fraction of sp³-hybridized carbons (Fsp3) is 0.571. The van der Waals surface area contributed by atoms with Gasteiger partial charge in [-0.25, -0.2) is 0 Å². The van der Waals surface area contributed by atoms with Gasteiger partial charge >= 0.3 is 0 Å². The predicted octanol–water partition coefficient (Wildman–Crippen LogP) is 2.54. The van der Waals surface area contributed by atoms with Crippen LogP contribution in [0.2, 0.25) is 0 Å². The molecule has 1 aliphatic carbocycles. The van der Waals surface area contributed by atoms with Gasteiger partial charge in [-0.1, -0.05) is 19.3 Å². The minimum Gasteiger partial charge on any atom is -0.508 e. The average Bonchev–Trinajstić information content (AvgIpc) is 2.76. The molecule has 1 aliphatic heterocycles. The van der Waals surface area contributed by atoms with E-state index in [1.807, 2.05) is 6.07 Å². The molecule has 2 aliphatic rings. The number of phenols is 1. The second kappa shape index (κ2) is 4.00. The second-order valence-electron chi connectivity index (χ2n) is 5.35. The Morgan fingerprint density at radius 3 is 2.41 bits per heavy atom. The van der Waals surface area contributed by atoms with Crippen LogP contribution in [0.25, 0.3) is 0 Å². The van der Waals surface area contributed by atoms with Crippen LogP contribution in [0.5, 0.6) is 5.75 Å². The van der Waals surface area contributed by atoms with Crippen molar-refractivity contribution in [2.24, 2.45) is 5.73 Å². The van der Waals surface area contributed by atoms with E-state index >= 15 is 0 Å². The third kappa shape index (κ3) is 1.83. The van der Waals surface area contributed by atoms with Gasteiger partial charge in [-0.3, -0.25) is 0 Å². The molecule has 0 saturated heterocycles. The summed E-state index contributed by atoms with van der Waals surface area (Å²) in [6.07, 6.45) is 5.52. The quantitative estimate of drug-likeness (QED) is 0.783. The summed E-state index contributed by atoms with van der Waals surface area (Å²) in [6, 6.07) is 3.89. The summed E-state index contributed by atoms with van der Waals surface area (Å²) in [5, 5.41) is 10.2. The van der Waals surface area contributed by atoms with Crippen molar-refractivity contribution in [1.29, 1.82) is 0 Å². The number of nitrogens with two attached hydrogens (primary N) is 1. The maximum atomic E-state index is 10.2. The van der Waals surface area contributed by atoms with Gasteiger partial charge in [0.2, 0.25) is 0 Å². The number of fused-ring (bicyclic) bond motifs is 1. The number of hydrogen-bond acceptors (Lipinski definition) is 3. The van der Waals surface area contributed by atoms with Crippen molar-refractivity contribution in [3.05, 3.63) is 28.8 Å². The van der Waals surface area contributed by atoms with Crippen LogP contribution in [-0.2, 0) is 23.5 Å². The Morgan fingerprint density at radius 1 is 1.06 bits per heavy atom. The van der Waals surface area contributed by atoms with Crippen molar-refractivity contribution in [2.75, 3.05) is 0 Å². The van der Waals surface area contributed by atoms with Gasteiger partial charge in [0.15, 0.2) is 0 Å². The number of aromatic hydroxyl groups is 1. The molecule has 0 aromatic heterocycles. The van der Waals surface area contributed by atoms with E-state index < -0.39 is 0 Å². The van der Waals surface area contributed by atoms with E-state index in [1.54, 1.807) is 0 Å². The van der Waals surface area contributed by atoms with Crippen LogP contribution in [-0.4, -0.2) is 5.11 Å². The molecule has 1 heterocycles. The highest BCUT2D eigenvalue weighted by Crippen LogP contribution is 2.41. The third-order valence-electron chi connectivity index (χ3n) is 4.12. The molecule has 0 radical (unpaired) electrons. The number of phenolic OH excluding ortho intramolecular Hbond substituents is 1. The molecule has 0 unspecified atom stereocenters. The topological polar surface area (TPSA) is 55.5 Å². The van der Waals surface area contributed by atoms with Crippen molar-refractivity contribution in [3.8, 4) is 5.75 Å². The third-order valence-corrected chi connectivity index (χ3v) is 4.12. The van der Waals surface area contributed by atoms with Gasteiger partial charge < -0.3 is 15.6 Å². The first-order valence-corrected chi connectivity index (χ1v) is 6.41. The maximum absolute atomic E-state index is 10.2. The lowest BCUT2D eigenvalue weighted by molar-refractivity contribution is 0.134. The molecule has 17 heavy (non-hydrogen) atoms. The summed E-state index contributed by atoms with van der Waals surface area (Å²) in [5.74, 6) is 0.346. The van der Waals surface area contributed by atoms with Crippen LogP contribution in [0.3, 0.4) is 0 Å². The number of hydrogen-bond donors (Lipinski definition) is 2.